The normalized spacial score (nSPS) is 15.3. The van der Waals surface area contributed by atoms with E-state index in [4.69, 9.17) is 5.73 Å². The average molecular weight is 218 g/mol. The molecule has 0 spiro atoms. The Morgan fingerprint density at radius 2 is 1.88 bits per heavy atom. The van der Waals surface area contributed by atoms with E-state index in [1.807, 2.05) is 0 Å². The Hall–Kier alpha value is -2.17. The number of likely N-dealkylation sites (N-methyl/N-ethyl adjacent to an activating group) is 1. The number of amides is 2. The molecule has 82 valence electrons. The number of fused-ring (bicyclic) bond motifs is 1. The Labute approximate surface area is 91.8 Å². The Bertz CT molecular complexity index is 508. The van der Waals surface area contributed by atoms with Gasteiger partial charge in [-0.1, -0.05) is 6.07 Å². The maximum Gasteiger partial charge on any atom is 0.301 e. The summed E-state index contributed by atoms with van der Waals surface area (Å²) >= 11 is 0. The van der Waals surface area contributed by atoms with Crippen LogP contribution in [0.25, 0.3) is 0 Å². The number of Topliss-reactive ketones (excluding diaryl/α,β-unsaturated/α-hetero) is 1. The molecular weight excluding hydrogens is 208 g/mol. The summed E-state index contributed by atoms with van der Waals surface area (Å²) in [6, 6.07) is 4.53. The molecule has 5 heteroatoms. The number of hydrogen-bond acceptors (Lipinski definition) is 4. The first-order valence-corrected chi connectivity index (χ1v) is 4.87. The molecule has 0 unspecified atom stereocenters. The maximum absolute atomic E-state index is 11.9. The fourth-order valence-electron chi connectivity index (χ4n) is 1.75. The number of rotatable bonds is 1. The van der Waals surface area contributed by atoms with Crippen molar-refractivity contribution in [2.45, 2.75) is 6.92 Å². The molecule has 1 aliphatic rings. The number of ketones is 1. The summed E-state index contributed by atoms with van der Waals surface area (Å²) in [7, 11) is 0. The van der Waals surface area contributed by atoms with Crippen molar-refractivity contribution in [1.29, 1.82) is 0 Å². The Morgan fingerprint density at radius 3 is 2.50 bits per heavy atom. The molecule has 0 saturated carbocycles. The summed E-state index contributed by atoms with van der Waals surface area (Å²) in [5.74, 6) is -1.96. The number of carbonyl (C=O) groups excluding carboxylic acids is 3. The summed E-state index contributed by atoms with van der Waals surface area (Å²) in [4.78, 5) is 36.0. The average Bonchev–Trinajstić information content (AvgIpc) is 2.26. The van der Waals surface area contributed by atoms with Gasteiger partial charge in [0, 0.05) is 17.8 Å². The third kappa shape index (κ3) is 1.21. The number of hydrogen-bond donors (Lipinski definition) is 1. The number of imide groups is 1. The van der Waals surface area contributed by atoms with Crippen LogP contribution in [0.1, 0.15) is 27.6 Å². The molecule has 0 radical (unpaired) electrons. The zero-order valence-electron chi connectivity index (χ0n) is 8.69. The SMILES string of the molecule is CCN1C(=O)C(=O)c2cccc(N)c2C1=O. The first kappa shape index (κ1) is 10.4. The van der Waals surface area contributed by atoms with Crippen molar-refractivity contribution < 1.29 is 14.4 Å². The molecule has 0 aliphatic carbocycles. The molecule has 2 amide bonds. The molecule has 1 aromatic carbocycles. The largest absolute Gasteiger partial charge is 0.398 e. The third-order valence-corrected chi connectivity index (χ3v) is 2.56. The second-order valence-electron chi connectivity index (χ2n) is 3.45. The highest BCUT2D eigenvalue weighted by Gasteiger charge is 2.37. The van der Waals surface area contributed by atoms with Crippen molar-refractivity contribution in [1.82, 2.24) is 4.90 Å². The molecule has 1 aliphatic heterocycles. The zero-order valence-corrected chi connectivity index (χ0v) is 8.69. The van der Waals surface area contributed by atoms with Crippen LogP contribution in [0, 0.1) is 0 Å². The molecule has 2 N–H and O–H groups in total. The number of anilines is 1. The van der Waals surface area contributed by atoms with Crippen molar-refractivity contribution in [2.24, 2.45) is 0 Å². The van der Waals surface area contributed by atoms with E-state index in [0.717, 1.165) is 4.90 Å². The third-order valence-electron chi connectivity index (χ3n) is 2.56. The fourth-order valence-corrected chi connectivity index (χ4v) is 1.75. The quantitative estimate of drug-likeness (QED) is 0.421. The van der Waals surface area contributed by atoms with E-state index in [1.54, 1.807) is 13.0 Å². The lowest BCUT2D eigenvalue weighted by atomic mass is 9.96. The predicted molar refractivity (Wildman–Crippen MR) is 56.9 cm³/mol. The Kier molecular flexibility index (Phi) is 2.23. The summed E-state index contributed by atoms with van der Waals surface area (Å²) < 4.78 is 0. The minimum Gasteiger partial charge on any atom is -0.398 e. The minimum atomic E-state index is -0.786. The molecule has 1 heterocycles. The van der Waals surface area contributed by atoms with Gasteiger partial charge in [0.2, 0.25) is 0 Å². The topological polar surface area (TPSA) is 80.5 Å². The van der Waals surface area contributed by atoms with Gasteiger partial charge in [0.1, 0.15) is 0 Å². The summed E-state index contributed by atoms with van der Waals surface area (Å²) in [6.45, 7) is 1.80. The van der Waals surface area contributed by atoms with Crippen molar-refractivity contribution >= 4 is 23.3 Å². The van der Waals surface area contributed by atoms with E-state index >= 15 is 0 Å². The van der Waals surface area contributed by atoms with Gasteiger partial charge in [-0.05, 0) is 19.1 Å². The van der Waals surface area contributed by atoms with Crippen LogP contribution in [0.3, 0.4) is 0 Å². The van der Waals surface area contributed by atoms with Crippen LogP contribution in [0.4, 0.5) is 5.69 Å². The van der Waals surface area contributed by atoms with Crippen LogP contribution < -0.4 is 5.73 Å². The van der Waals surface area contributed by atoms with Crippen molar-refractivity contribution in [3.8, 4) is 0 Å². The molecule has 0 bridgehead atoms. The minimum absolute atomic E-state index is 0.0969. The molecule has 0 atom stereocenters. The fraction of sp³-hybridized carbons (Fsp3) is 0.182. The number of nitrogen functional groups attached to an aromatic ring is 1. The van der Waals surface area contributed by atoms with E-state index in [-0.39, 0.29) is 23.4 Å². The van der Waals surface area contributed by atoms with Gasteiger partial charge in [0.05, 0.1) is 5.56 Å². The monoisotopic (exact) mass is 218 g/mol. The number of nitrogens with zero attached hydrogens (tertiary/aromatic N) is 1. The highest BCUT2D eigenvalue weighted by molar-refractivity contribution is 6.49. The molecule has 2 rings (SSSR count). The summed E-state index contributed by atoms with van der Waals surface area (Å²) in [6.07, 6.45) is 0. The van der Waals surface area contributed by atoms with Crippen molar-refractivity contribution in [2.75, 3.05) is 12.3 Å². The molecule has 0 fully saturated rings. The van der Waals surface area contributed by atoms with Gasteiger partial charge in [0.25, 0.3) is 11.7 Å². The van der Waals surface area contributed by atoms with Crippen LogP contribution in [0.5, 0.6) is 0 Å². The second kappa shape index (κ2) is 3.44. The summed E-state index contributed by atoms with van der Waals surface area (Å²) in [5, 5.41) is 0. The van der Waals surface area contributed by atoms with Gasteiger partial charge in [-0.15, -0.1) is 0 Å². The lowest BCUT2D eigenvalue weighted by molar-refractivity contribution is -0.124. The number of carbonyl (C=O) groups is 3. The summed E-state index contributed by atoms with van der Waals surface area (Å²) in [5.41, 5.74) is 6.10. The van der Waals surface area contributed by atoms with Crippen molar-refractivity contribution in [3.05, 3.63) is 29.3 Å². The number of nitrogens with two attached hydrogens (primary N) is 1. The van der Waals surface area contributed by atoms with Gasteiger partial charge in [-0.25, -0.2) is 0 Å². The van der Waals surface area contributed by atoms with E-state index in [0.29, 0.717) is 0 Å². The lowest BCUT2D eigenvalue weighted by Gasteiger charge is -2.25. The van der Waals surface area contributed by atoms with Crippen LogP contribution in [0.2, 0.25) is 0 Å². The van der Waals surface area contributed by atoms with E-state index in [2.05, 4.69) is 0 Å². The zero-order chi connectivity index (χ0) is 11.9. The van der Waals surface area contributed by atoms with Crippen molar-refractivity contribution in [3.63, 3.8) is 0 Å². The molecule has 5 nitrogen and oxygen atoms in total. The first-order chi connectivity index (χ1) is 7.57. The first-order valence-electron chi connectivity index (χ1n) is 4.87. The highest BCUT2D eigenvalue weighted by atomic mass is 16.2. The van der Waals surface area contributed by atoms with Crippen LogP contribution in [-0.4, -0.2) is 29.0 Å². The molecule has 16 heavy (non-hydrogen) atoms. The predicted octanol–water partition coefficient (Wildman–Crippen LogP) is 0.454. The molecular formula is C11H10N2O3. The highest BCUT2D eigenvalue weighted by Crippen LogP contribution is 2.24. The van der Waals surface area contributed by atoms with Crippen LogP contribution >= 0.6 is 0 Å². The van der Waals surface area contributed by atoms with E-state index in [1.165, 1.54) is 12.1 Å². The second-order valence-corrected chi connectivity index (χ2v) is 3.45. The number of benzene rings is 1. The molecule has 0 saturated heterocycles. The molecule has 1 aromatic rings. The van der Waals surface area contributed by atoms with Gasteiger partial charge in [0.15, 0.2) is 0 Å². The maximum atomic E-state index is 11.9. The standard InChI is InChI=1S/C11H10N2O3/c1-2-13-10(15)8-6(9(14)11(13)16)4-3-5-7(8)12/h3-5H,2,12H2,1H3. The van der Waals surface area contributed by atoms with E-state index < -0.39 is 17.6 Å². The van der Waals surface area contributed by atoms with Crippen LogP contribution in [0.15, 0.2) is 18.2 Å². The van der Waals surface area contributed by atoms with Gasteiger partial charge in [-0.2, -0.15) is 0 Å². The van der Waals surface area contributed by atoms with Crippen LogP contribution in [-0.2, 0) is 4.79 Å². The van der Waals surface area contributed by atoms with E-state index in [9.17, 15) is 14.4 Å². The Balaban J connectivity index is 2.69. The Morgan fingerprint density at radius 1 is 1.19 bits per heavy atom. The van der Waals surface area contributed by atoms with Gasteiger partial charge >= 0.3 is 5.91 Å². The van der Waals surface area contributed by atoms with Gasteiger partial charge in [-0.3, -0.25) is 19.3 Å². The van der Waals surface area contributed by atoms with Gasteiger partial charge < -0.3 is 5.73 Å². The smallest absolute Gasteiger partial charge is 0.301 e. The lowest BCUT2D eigenvalue weighted by Crippen LogP contribution is -2.46. The molecule has 0 aromatic heterocycles.